The number of amides is 1. The minimum atomic E-state index is -0.244. The molecule has 20 heavy (non-hydrogen) atoms. The van der Waals surface area contributed by atoms with Crippen molar-refractivity contribution in [2.45, 2.75) is 51.4 Å². The highest BCUT2D eigenvalue weighted by molar-refractivity contribution is 5.84. The van der Waals surface area contributed by atoms with Crippen LogP contribution in [0.3, 0.4) is 0 Å². The van der Waals surface area contributed by atoms with Crippen LogP contribution in [0.2, 0.25) is 0 Å². The number of carbonyl (C=O) groups excluding carboxylic acids is 1. The molecule has 4 atom stereocenters. The van der Waals surface area contributed by atoms with Gasteiger partial charge in [-0.05, 0) is 43.4 Å². The van der Waals surface area contributed by atoms with Crippen molar-refractivity contribution in [1.29, 1.82) is 0 Å². The molecule has 1 aliphatic heterocycles. The lowest BCUT2D eigenvalue weighted by Gasteiger charge is -2.33. The Kier molecular flexibility index (Phi) is 3.50. The third kappa shape index (κ3) is 2.22. The lowest BCUT2D eigenvalue weighted by Crippen LogP contribution is -2.41. The zero-order valence-electron chi connectivity index (χ0n) is 12.0. The van der Waals surface area contributed by atoms with Gasteiger partial charge in [-0.2, -0.15) is 0 Å². The normalized spacial score (nSPS) is 34.0. The summed E-state index contributed by atoms with van der Waals surface area (Å²) in [5.74, 6) is 0.457. The topological polar surface area (TPSA) is 32.3 Å². The van der Waals surface area contributed by atoms with Crippen LogP contribution in [0.5, 0.6) is 0 Å². The Morgan fingerprint density at radius 3 is 2.50 bits per heavy atom. The van der Waals surface area contributed by atoms with Gasteiger partial charge in [0.05, 0.1) is 6.04 Å². The number of nitrogens with zero attached hydrogens (tertiary/aromatic N) is 1. The average Bonchev–Trinajstić information content (AvgIpc) is 2.96. The summed E-state index contributed by atoms with van der Waals surface area (Å²) in [6.07, 6.45) is 3.31. The van der Waals surface area contributed by atoms with Crippen LogP contribution in [0.4, 0.5) is 4.39 Å². The smallest absolute Gasteiger partial charge is 0.241 e. The summed E-state index contributed by atoms with van der Waals surface area (Å²) >= 11 is 0. The summed E-state index contributed by atoms with van der Waals surface area (Å²) in [4.78, 5) is 14.5. The van der Waals surface area contributed by atoms with E-state index in [0.717, 1.165) is 12.0 Å². The maximum atomic E-state index is 13.1. The van der Waals surface area contributed by atoms with Gasteiger partial charge in [-0.25, -0.2) is 4.39 Å². The fraction of sp³-hybridized carbons (Fsp3) is 0.562. The van der Waals surface area contributed by atoms with E-state index in [1.54, 1.807) is 12.1 Å². The Balaban J connectivity index is 1.91. The lowest BCUT2D eigenvalue weighted by atomic mass is 10.0. The van der Waals surface area contributed by atoms with Crippen molar-refractivity contribution >= 4 is 5.91 Å². The van der Waals surface area contributed by atoms with Gasteiger partial charge in [0.15, 0.2) is 0 Å². The van der Waals surface area contributed by atoms with Gasteiger partial charge in [0, 0.05) is 6.04 Å². The molecule has 1 saturated heterocycles. The standard InChI is InChI=1S/C16H21FN2O/c1-10-4-3-5-14(10)19-15(18-11(2)16(19)20)12-6-8-13(17)9-7-12/h6-11,14-15,18H,3-5H2,1-2H3. The van der Waals surface area contributed by atoms with Gasteiger partial charge in [0.25, 0.3) is 0 Å². The molecule has 2 fully saturated rings. The number of benzene rings is 1. The van der Waals surface area contributed by atoms with Crippen molar-refractivity contribution in [1.82, 2.24) is 10.2 Å². The van der Waals surface area contributed by atoms with E-state index in [-0.39, 0.29) is 23.9 Å². The van der Waals surface area contributed by atoms with Crippen molar-refractivity contribution < 1.29 is 9.18 Å². The molecule has 0 radical (unpaired) electrons. The molecule has 1 heterocycles. The third-order valence-electron chi connectivity index (χ3n) is 4.67. The predicted octanol–water partition coefficient (Wildman–Crippen LogP) is 2.83. The van der Waals surface area contributed by atoms with Crippen LogP contribution < -0.4 is 5.32 Å². The van der Waals surface area contributed by atoms with Crippen molar-refractivity contribution in [2.24, 2.45) is 5.92 Å². The third-order valence-corrected chi connectivity index (χ3v) is 4.67. The van der Waals surface area contributed by atoms with Gasteiger partial charge in [0.2, 0.25) is 5.91 Å². The molecule has 0 bridgehead atoms. The molecule has 2 aliphatic rings. The second-order valence-corrected chi connectivity index (χ2v) is 6.06. The Labute approximate surface area is 119 Å². The van der Waals surface area contributed by atoms with Crippen LogP contribution in [-0.4, -0.2) is 22.9 Å². The van der Waals surface area contributed by atoms with E-state index >= 15 is 0 Å². The summed E-state index contributed by atoms with van der Waals surface area (Å²) in [6.45, 7) is 4.12. The highest BCUT2D eigenvalue weighted by Crippen LogP contribution is 2.37. The molecule has 1 aromatic carbocycles. The quantitative estimate of drug-likeness (QED) is 0.901. The Morgan fingerprint density at radius 1 is 1.20 bits per heavy atom. The highest BCUT2D eigenvalue weighted by atomic mass is 19.1. The van der Waals surface area contributed by atoms with Gasteiger partial charge in [-0.15, -0.1) is 0 Å². The molecule has 108 valence electrons. The van der Waals surface area contributed by atoms with Crippen molar-refractivity contribution in [3.8, 4) is 0 Å². The fourth-order valence-corrected chi connectivity index (χ4v) is 3.54. The van der Waals surface area contributed by atoms with Gasteiger partial charge < -0.3 is 4.90 Å². The average molecular weight is 276 g/mol. The van der Waals surface area contributed by atoms with Crippen LogP contribution in [0, 0.1) is 11.7 Å². The molecule has 1 aliphatic carbocycles. The van der Waals surface area contributed by atoms with E-state index in [9.17, 15) is 9.18 Å². The molecule has 3 rings (SSSR count). The molecule has 4 unspecified atom stereocenters. The predicted molar refractivity (Wildman–Crippen MR) is 75.4 cm³/mol. The van der Waals surface area contributed by atoms with Gasteiger partial charge >= 0.3 is 0 Å². The van der Waals surface area contributed by atoms with Crippen LogP contribution in [-0.2, 0) is 4.79 Å². The summed E-state index contributed by atoms with van der Waals surface area (Å²) < 4.78 is 13.1. The van der Waals surface area contributed by atoms with E-state index < -0.39 is 0 Å². The maximum absolute atomic E-state index is 13.1. The highest BCUT2D eigenvalue weighted by Gasteiger charge is 2.43. The van der Waals surface area contributed by atoms with E-state index in [2.05, 4.69) is 12.2 Å². The Bertz CT molecular complexity index is 502. The number of hydrogen-bond donors (Lipinski definition) is 1. The second-order valence-electron chi connectivity index (χ2n) is 6.06. The number of carbonyl (C=O) groups is 1. The number of nitrogens with one attached hydrogen (secondary N) is 1. The zero-order chi connectivity index (χ0) is 14.3. The number of halogens is 1. The lowest BCUT2D eigenvalue weighted by molar-refractivity contribution is -0.132. The molecule has 3 nitrogen and oxygen atoms in total. The summed E-state index contributed by atoms with van der Waals surface area (Å²) in [5.41, 5.74) is 0.961. The monoisotopic (exact) mass is 276 g/mol. The van der Waals surface area contributed by atoms with Gasteiger partial charge in [-0.3, -0.25) is 10.1 Å². The van der Waals surface area contributed by atoms with E-state index in [0.29, 0.717) is 12.0 Å². The molecule has 1 aromatic rings. The molecular formula is C16H21FN2O. The maximum Gasteiger partial charge on any atom is 0.241 e. The molecule has 1 N–H and O–H groups in total. The van der Waals surface area contributed by atoms with E-state index in [4.69, 9.17) is 0 Å². The molecular weight excluding hydrogens is 255 g/mol. The van der Waals surface area contributed by atoms with Crippen LogP contribution >= 0.6 is 0 Å². The summed E-state index contributed by atoms with van der Waals surface area (Å²) in [6, 6.07) is 6.59. The second kappa shape index (κ2) is 5.17. The van der Waals surface area contributed by atoms with E-state index in [1.807, 2.05) is 11.8 Å². The largest absolute Gasteiger partial charge is 0.318 e. The van der Waals surface area contributed by atoms with Crippen molar-refractivity contribution in [3.05, 3.63) is 35.6 Å². The van der Waals surface area contributed by atoms with Gasteiger partial charge in [0.1, 0.15) is 12.0 Å². The first-order valence-corrected chi connectivity index (χ1v) is 7.41. The molecule has 0 aromatic heterocycles. The minimum Gasteiger partial charge on any atom is -0.318 e. The molecule has 0 spiro atoms. The van der Waals surface area contributed by atoms with Crippen LogP contribution in [0.25, 0.3) is 0 Å². The summed E-state index contributed by atoms with van der Waals surface area (Å²) in [5, 5.41) is 3.34. The minimum absolute atomic E-state index is 0.122. The van der Waals surface area contributed by atoms with Crippen molar-refractivity contribution in [2.75, 3.05) is 0 Å². The molecule has 1 saturated carbocycles. The SMILES string of the molecule is CC1NC(c2ccc(F)cc2)N(C2CCCC2C)C1=O. The molecule has 1 amide bonds. The zero-order valence-corrected chi connectivity index (χ0v) is 12.0. The Hall–Kier alpha value is -1.42. The first kappa shape index (κ1) is 13.6. The summed E-state index contributed by atoms with van der Waals surface area (Å²) in [7, 11) is 0. The van der Waals surface area contributed by atoms with Crippen molar-refractivity contribution in [3.63, 3.8) is 0 Å². The number of hydrogen-bond acceptors (Lipinski definition) is 2. The van der Waals surface area contributed by atoms with Gasteiger partial charge in [-0.1, -0.05) is 25.5 Å². The first-order chi connectivity index (χ1) is 9.58. The number of rotatable bonds is 2. The van der Waals surface area contributed by atoms with E-state index in [1.165, 1.54) is 25.0 Å². The van der Waals surface area contributed by atoms with Crippen LogP contribution in [0.1, 0.15) is 44.8 Å². The fourth-order valence-electron chi connectivity index (χ4n) is 3.54. The Morgan fingerprint density at radius 2 is 1.90 bits per heavy atom. The molecule has 4 heteroatoms. The first-order valence-electron chi connectivity index (χ1n) is 7.41. The van der Waals surface area contributed by atoms with Crippen LogP contribution in [0.15, 0.2) is 24.3 Å².